The van der Waals surface area contributed by atoms with E-state index in [0.717, 1.165) is 5.56 Å². The van der Waals surface area contributed by atoms with Crippen molar-refractivity contribution in [1.29, 1.82) is 0 Å². The van der Waals surface area contributed by atoms with Gasteiger partial charge in [-0.25, -0.2) is 19.6 Å². The Balaban J connectivity index is 0.000000603. The highest BCUT2D eigenvalue weighted by Gasteiger charge is 2.64. The molecule has 17 heteroatoms. The predicted octanol–water partition coefficient (Wildman–Crippen LogP) is 1.02. The second-order valence-electron chi connectivity index (χ2n) is 11.2. The Hall–Kier alpha value is -5.39. The van der Waals surface area contributed by atoms with Gasteiger partial charge in [0, 0.05) is 56.3 Å². The number of aromatic nitrogens is 2. The molecule has 16 nitrogen and oxygen atoms in total. The number of anilines is 1. The van der Waals surface area contributed by atoms with E-state index in [4.69, 9.17) is 19.7 Å². The Morgan fingerprint density at radius 1 is 1.00 bits per heavy atom. The minimum atomic E-state index is -4.55. The zero-order valence-corrected chi connectivity index (χ0v) is 28.0. The van der Waals surface area contributed by atoms with Crippen molar-refractivity contribution in [3.05, 3.63) is 83.7 Å². The van der Waals surface area contributed by atoms with Gasteiger partial charge < -0.3 is 29.7 Å². The number of β-amino-alcohol motifs (C(OH)–C–C–N with tert-alkyl or cyclic N) is 1. The van der Waals surface area contributed by atoms with Crippen LogP contribution in [-0.4, -0.2) is 114 Å². The lowest BCUT2D eigenvalue weighted by molar-refractivity contribution is -0.138. The minimum Gasteiger partial charge on any atom is -0.497 e. The summed E-state index contributed by atoms with van der Waals surface area (Å²) >= 11 is 0. The van der Waals surface area contributed by atoms with E-state index in [0.29, 0.717) is 22.2 Å². The molecular formula is C32H35N5O11S. The number of aliphatic hydroxyl groups excluding tert-OH is 1. The molecule has 49 heavy (non-hydrogen) atoms. The molecule has 2 aliphatic rings. The molecule has 4 heterocycles. The lowest BCUT2D eigenvalue weighted by atomic mass is 9.81. The molecule has 0 aliphatic carbocycles. The van der Waals surface area contributed by atoms with E-state index in [1.54, 1.807) is 56.3 Å². The molecule has 0 bridgehead atoms. The maximum Gasteiger partial charge on any atom is 0.328 e. The van der Waals surface area contributed by atoms with Crippen molar-refractivity contribution < 1.29 is 52.4 Å². The van der Waals surface area contributed by atoms with Crippen LogP contribution in [0.5, 0.6) is 11.6 Å². The van der Waals surface area contributed by atoms with Crippen molar-refractivity contribution in [1.82, 2.24) is 19.8 Å². The van der Waals surface area contributed by atoms with Crippen LogP contribution in [0.15, 0.2) is 72.0 Å². The van der Waals surface area contributed by atoms with Gasteiger partial charge in [-0.15, -0.1) is 0 Å². The van der Waals surface area contributed by atoms with Gasteiger partial charge in [0.1, 0.15) is 5.75 Å². The van der Waals surface area contributed by atoms with Gasteiger partial charge in [-0.2, -0.15) is 12.7 Å². The molecule has 0 spiro atoms. The topological polar surface area (TPSA) is 217 Å². The number of sulfonamides is 1. The van der Waals surface area contributed by atoms with Gasteiger partial charge in [-0.1, -0.05) is 6.07 Å². The van der Waals surface area contributed by atoms with Gasteiger partial charge in [-0.3, -0.25) is 14.5 Å². The predicted molar refractivity (Wildman–Crippen MR) is 172 cm³/mol. The number of carboxylic acid groups (broad SMARTS) is 2. The van der Waals surface area contributed by atoms with E-state index in [1.807, 2.05) is 0 Å². The van der Waals surface area contributed by atoms with Crippen LogP contribution in [0.25, 0.3) is 0 Å². The SMILES string of the molecule is COc1ccc2c(c1)C(c1cccnc1OC)(N1C[C@H](O)C[C@H]1C(=O)N(C)C)C(=O)N2S(=O)(=O)c1ccc(C)cn1.O=C(O)/C=C/C(=O)O. The number of pyridine rings is 2. The Labute approximate surface area is 281 Å². The number of carbonyl (C=O) groups excluding carboxylic acids is 2. The average Bonchev–Trinajstić information content (AvgIpc) is 3.58. The first-order valence-electron chi connectivity index (χ1n) is 14.6. The zero-order valence-electron chi connectivity index (χ0n) is 27.2. The fraction of sp³-hybridized carbons (Fsp3) is 0.312. The lowest BCUT2D eigenvalue weighted by Gasteiger charge is -2.41. The first-order valence-corrected chi connectivity index (χ1v) is 16.1. The number of aliphatic carboxylic acids is 2. The monoisotopic (exact) mass is 697 g/mol. The lowest BCUT2D eigenvalue weighted by Crippen LogP contribution is -2.59. The van der Waals surface area contributed by atoms with E-state index in [2.05, 4.69) is 9.97 Å². The van der Waals surface area contributed by atoms with Gasteiger partial charge in [0.2, 0.25) is 11.8 Å². The molecule has 3 aromatic rings. The quantitative estimate of drug-likeness (QED) is 0.266. The van der Waals surface area contributed by atoms with Crippen LogP contribution in [0, 0.1) is 6.92 Å². The highest BCUT2D eigenvalue weighted by Crippen LogP contribution is 2.54. The highest BCUT2D eigenvalue weighted by atomic mass is 32.2. The summed E-state index contributed by atoms with van der Waals surface area (Å²) in [7, 11) is 1.45. The van der Waals surface area contributed by atoms with Crippen LogP contribution in [0.1, 0.15) is 23.1 Å². The van der Waals surface area contributed by atoms with Gasteiger partial charge in [-0.05, 0) is 55.3 Å². The molecule has 1 unspecified atom stereocenters. The molecule has 5 rings (SSSR count). The summed E-state index contributed by atoms with van der Waals surface area (Å²) in [4.78, 5) is 59.0. The Kier molecular flexibility index (Phi) is 10.7. The van der Waals surface area contributed by atoms with E-state index in [9.17, 15) is 27.9 Å². The van der Waals surface area contributed by atoms with Crippen LogP contribution in [0.3, 0.4) is 0 Å². The largest absolute Gasteiger partial charge is 0.497 e. The number of likely N-dealkylation sites (N-methyl/N-ethyl adjacent to an activating group) is 1. The van der Waals surface area contributed by atoms with Crippen molar-refractivity contribution in [3.63, 3.8) is 0 Å². The van der Waals surface area contributed by atoms with Crippen LogP contribution >= 0.6 is 0 Å². The van der Waals surface area contributed by atoms with Crippen molar-refractivity contribution in [2.24, 2.45) is 0 Å². The third kappa shape index (κ3) is 6.81. The number of benzene rings is 1. The number of ether oxygens (including phenoxy) is 2. The summed E-state index contributed by atoms with van der Waals surface area (Å²) in [6.45, 7) is 1.66. The number of hydrogen-bond acceptors (Lipinski definition) is 12. The second-order valence-corrected chi connectivity index (χ2v) is 12.9. The molecule has 2 aliphatic heterocycles. The first kappa shape index (κ1) is 36.4. The number of amides is 2. The Bertz CT molecular complexity index is 1880. The number of aryl methyl sites for hydroxylation is 1. The van der Waals surface area contributed by atoms with Gasteiger partial charge >= 0.3 is 11.9 Å². The summed E-state index contributed by atoms with van der Waals surface area (Å²) in [6, 6.07) is 9.76. The summed E-state index contributed by atoms with van der Waals surface area (Å²) < 4.78 is 40.1. The van der Waals surface area contributed by atoms with Crippen LogP contribution in [0.4, 0.5) is 5.69 Å². The fourth-order valence-electron chi connectivity index (χ4n) is 5.80. The average molecular weight is 698 g/mol. The summed E-state index contributed by atoms with van der Waals surface area (Å²) in [5, 5.41) is 26.2. The third-order valence-electron chi connectivity index (χ3n) is 7.85. The summed E-state index contributed by atoms with van der Waals surface area (Å²) in [5.41, 5.74) is -0.708. The second kappa shape index (κ2) is 14.4. The third-order valence-corrected chi connectivity index (χ3v) is 9.47. The van der Waals surface area contributed by atoms with Gasteiger partial charge in [0.15, 0.2) is 10.6 Å². The highest BCUT2D eigenvalue weighted by molar-refractivity contribution is 7.93. The standard InChI is InChI=1S/C28H31N5O7S.C4H4O4/c1-17-8-11-24(30-15-17)41(37,38)33-22-10-9-19(39-4)14-21(22)28(27(33)36,20-7-6-12-29-25(20)40-5)32-16-18(34)13-23(32)26(35)31(2)3;5-3(6)1-2-4(7)8/h6-12,14-15,18,23,34H,13,16H2,1-5H3;1-2H,(H,5,6)(H,7,8)/b;2-1+/t18-,23+,28?;/m1./s1. The molecule has 2 aromatic heterocycles. The normalized spacial score (nSPS) is 20.4. The molecule has 1 fully saturated rings. The number of carbonyl (C=O) groups is 4. The number of methoxy groups -OCH3 is 2. The molecule has 3 atom stereocenters. The molecule has 1 saturated heterocycles. The van der Waals surface area contributed by atoms with Crippen LogP contribution in [-0.2, 0) is 34.7 Å². The Morgan fingerprint density at radius 2 is 1.67 bits per heavy atom. The molecule has 3 N–H and O–H groups in total. The minimum absolute atomic E-state index is 0.0280. The first-order chi connectivity index (χ1) is 23.1. The number of fused-ring (bicyclic) bond motifs is 1. The van der Waals surface area contributed by atoms with E-state index in [1.165, 1.54) is 43.6 Å². The number of aliphatic hydroxyl groups is 1. The molecule has 1 aromatic carbocycles. The van der Waals surface area contributed by atoms with Crippen molar-refractivity contribution in [3.8, 4) is 11.6 Å². The molecule has 2 amide bonds. The zero-order chi connectivity index (χ0) is 36.3. The maximum absolute atomic E-state index is 15.0. The van der Waals surface area contributed by atoms with E-state index < -0.39 is 45.6 Å². The van der Waals surface area contributed by atoms with Crippen molar-refractivity contribution in [2.45, 2.75) is 36.1 Å². The molecule has 260 valence electrons. The number of rotatable bonds is 9. The van der Waals surface area contributed by atoms with Crippen LogP contribution < -0.4 is 13.8 Å². The Morgan fingerprint density at radius 3 is 2.22 bits per heavy atom. The number of likely N-dealkylation sites (tertiary alicyclic amines) is 1. The van der Waals surface area contributed by atoms with Crippen molar-refractivity contribution in [2.75, 3.05) is 39.2 Å². The van der Waals surface area contributed by atoms with Crippen molar-refractivity contribution >= 4 is 39.5 Å². The smallest absolute Gasteiger partial charge is 0.328 e. The van der Waals surface area contributed by atoms with E-state index in [-0.39, 0.29) is 46.6 Å². The van der Waals surface area contributed by atoms with E-state index >= 15 is 4.79 Å². The molecule has 0 radical (unpaired) electrons. The maximum atomic E-state index is 15.0. The summed E-state index contributed by atoms with van der Waals surface area (Å²) in [5.74, 6) is -3.35. The molecule has 0 saturated carbocycles. The fourth-order valence-corrected chi connectivity index (χ4v) is 7.18. The van der Waals surface area contributed by atoms with Gasteiger partial charge in [0.05, 0.1) is 32.1 Å². The number of carboxylic acids is 2. The van der Waals surface area contributed by atoms with Crippen LogP contribution in [0.2, 0.25) is 0 Å². The van der Waals surface area contributed by atoms with Gasteiger partial charge in [0.25, 0.3) is 15.9 Å². The number of hydrogen-bond donors (Lipinski definition) is 3. The number of nitrogens with zero attached hydrogens (tertiary/aromatic N) is 5. The summed E-state index contributed by atoms with van der Waals surface area (Å²) in [6.07, 6.45) is 3.05. The molecular weight excluding hydrogens is 662 g/mol.